The fourth-order valence-electron chi connectivity index (χ4n) is 2.27. The summed E-state index contributed by atoms with van der Waals surface area (Å²) in [6.07, 6.45) is 0. The quantitative estimate of drug-likeness (QED) is 0.535. The molecule has 0 aliphatic rings. The Morgan fingerprint density at radius 1 is 0.696 bits per heavy atom. The van der Waals surface area contributed by atoms with Crippen molar-refractivity contribution in [3.8, 4) is 31.5 Å². The number of benzene rings is 2. The molecule has 0 aliphatic carbocycles. The van der Waals surface area contributed by atoms with E-state index < -0.39 is 0 Å². The SMILES string of the molecule is COc1ccc(-c2ccc(-c3ccc(OC)cc3Cl)[se]2)c(Cl)c1. The molecule has 0 aliphatic heterocycles. The molecule has 0 radical (unpaired) electrons. The molecule has 23 heavy (non-hydrogen) atoms. The van der Waals surface area contributed by atoms with Gasteiger partial charge >= 0.3 is 151 Å². The number of ether oxygens (including phenoxy) is 2. The van der Waals surface area contributed by atoms with Gasteiger partial charge in [-0.1, -0.05) is 0 Å². The van der Waals surface area contributed by atoms with Crippen molar-refractivity contribution >= 4 is 37.7 Å². The Hall–Kier alpha value is -1.38. The van der Waals surface area contributed by atoms with Crippen molar-refractivity contribution in [1.29, 1.82) is 0 Å². The molecule has 0 spiro atoms. The summed E-state index contributed by atoms with van der Waals surface area (Å²) in [7, 11) is 3.27. The third-order valence-corrected chi connectivity index (χ3v) is 6.53. The van der Waals surface area contributed by atoms with Crippen molar-refractivity contribution in [2.45, 2.75) is 0 Å². The normalized spacial score (nSPS) is 10.6. The maximum absolute atomic E-state index is 6.38. The standard InChI is InChI=1S/C18H14Cl2O2Se/c1-21-11-3-5-13(15(19)9-11)17-7-8-18(23-17)14-6-4-12(22-2)10-16(14)20/h3-10H,1-2H3. The topological polar surface area (TPSA) is 18.5 Å². The van der Waals surface area contributed by atoms with Gasteiger partial charge in [-0.15, -0.1) is 0 Å². The Bertz CT molecular complexity index is 775. The molecule has 0 amide bonds. The summed E-state index contributed by atoms with van der Waals surface area (Å²) < 4.78 is 12.9. The molecule has 3 aromatic rings. The summed E-state index contributed by atoms with van der Waals surface area (Å²) in [6, 6.07) is 15.8. The second kappa shape index (κ2) is 7.02. The van der Waals surface area contributed by atoms with E-state index in [4.69, 9.17) is 32.7 Å². The molecule has 2 nitrogen and oxygen atoms in total. The van der Waals surface area contributed by atoms with E-state index in [1.807, 2.05) is 36.4 Å². The summed E-state index contributed by atoms with van der Waals surface area (Å²) in [4.78, 5) is 0. The molecule has 0 bridgehead atoms. The summed E-state index contributed by atoms with van der Waals surface area (Å²) in [5.41, 5.74) is 2.09. The molecule has 0 unspecified atom stereocenters. The van der Waals surface area contributed by atoms with E-state index in [1.165, 1.54) is 8.87 Å². The van der Waals surface area contributed by atoms with E-state index in [0.717, 1.165) is 22.6 Å². The molecule has 2 aromatic carbocycles. The van der Waals surface area contributed by atoms with Gasteiger partial charge in [0.25, 0.3) is 0 Å². The Kier molecular flexibility index (Phi) is 5.03. The predicted molar refractivity (Wildman–Crippen MR) is 97.4 cm³/mol. The van der Waals surface area contributed by atoms with Crippen LogP contribution in [-0.2, 0) is 0 Å². The van der Waals surface area contributed by atoms with Crippen molar-refractivity contribution in [2.24, 2.45) is 0 Å². The molecule has 0 fully saturated rings. The molecular formula is C18H14Cl2O2Se. The zero-order valence-corrected chi connectivity index (χ0v) is 15.8. The van der Waals surface area contributed by atoms with E-state index in [2.05, 4.69) is 12.1 Å². The first-order chi connectivity index (χ1) is 11.1. The van der Waals surface area contributed by atoms with Crippen LogP contribution in [-0.4, -0.2) is 28.7 Å². The van der Waals surface area contributed by atoms with Crippen LogP contribution in [0, 0.1) is 0 Å². The fraction of sp³-hybridized carbons (Fsp3) is 0.111. The molecule has 3 rings (SSSR count). The van der Waals surface area contributed by atoms with Crippen LogP contribution < -0.4 is 9.47 Å². The third kappa shape index (κ3) is 3.43. The first-order valence-corrected chi connectivity index (χ1v) is 9.37. The monoisotopic (exact) mass is 412 g/mol. The van der Waals surface area contributed by atoms with Crippen LogP contribution in [0.2, 0.25) is 10.0 Å². The predicted octanol–water partition coefficient (Wildman–Crippen LogP) is 5.40. The Labute approximate surface area is 151 Å². The number of hydrogen-bond acceptors (Lipinski definition) is 2. The number of hydrogen-bond donors (Lipinski definition) is 0. The van der Waals surface area contributed by atoms with E-state index in [0.29, 0.717) is 10.0 Å². The molecule has 118 valence electrons. The molecule has 5 heteroatoms. The zero-order valence-electron chi connectivity index (χ0n) is 12.6. The van der Waals surface area contributed by atoms with Crippen molar-refractivity contribution in [2.75, 3.05) is 14.2 Å². The van der Waals surface area contributed by atoms with E-state index >= 15 is 0 Å². The molecule has 0 saturated heterocycles. The van der Waals surface area contributed by atoms with Gasteiger partial charge in [0.2, 0.25) is 0 Å². The van der Waals surface area contributed by atoms with Crippen LogP contribution in [0.1, 0.15) is 0 Å². The van der Waals surface area contributed by atoms with E-state index in [1.54, 1.807) is 14.2 Å². The Balaban J connectivity index is 1.97. The molecule has 0 N–H and O–H groups in total. The van der Waals surface area contributed by atoms with Crippen molar-refractivity contribution < 1.29 is 9.47 Å². The third-order valence-electron chi connectivity index (χ3n) is 3.49. The van der Waals surface area contributed by atoms with Gasteiger partial charge in [0.1, 0.15) is 0 Å². The van der Waals surface area contributed by atoms with Crippen molar-refractivity contribution in [3.63, 3.8) is 0 Å². The van der Waals surface area contributed by atoms with E-state index in [-0.39, 0.29) is 14.5 Å². The number of methoxy groups -OCH3 is 2. The van der Waals surface area contributed by atoms with Crippen molar-refractivity contribution in [1.82, 2.24) is 0 Å². The van der Waals surface area contributed by atoms with Crippen LogP contribution >= 0.6 is 23.2 Å². The summed E-state index contributed by atoms with van der Waals surface area (Å²) in [6.45, 7) is 0. The van der Waals surface area contributed by atoms with Gasteiger partial charge < -0.3 is 0 Å². The van der Waals surface area contributed by atoms with Crippen molar-refractivity contribution in [3.05, 3.63) is 58.6 Å². The van der Waals surface area contributed by atoms with E-state index in [9.17, 15) is 0 Å². The van der Waals surface area contributed by atoms with Gasteiger partial charge in [0.15, 0.2) is 0 Å². The first-order valence-electron chi connectivity index (χ1n) is 6.90. The van der Waals surface area contributed by atoms with Gasteiger partial charge in [-0.2, -0.15) is 0 Å². The summed E-state index contributed by atoms with van der Waals surface area (Å²) in [5.74, 6) is 1.52. The molecule has 0 saturated carbocycles. The summed E-state index contributed by atoms with van der Waals surface area (Å²) >= 11 is 12.9. The maximum atomic E-state index is 6.38. The van der Waals surface area contributed by atoms with Gasteiger partial charge in [-0.3, -0.25) is 0 Å². The first kappa shape index (κ1) is 16.5. The van der Waals surface area contributed by atoms with Gasteiger partial charge in [0.05, 0.1) is 0 Å². The molecule has 0 atom stereocenters. The average Bonchev–Trinajstić information content (AvgIpc) is 3.03. The molecule has 1 heterocycles. The van der Waals surface area contributed by atoms with Crippen LogP contribution in [0.5, 0.6) is 11.5 Å². The Morgan fingerprint density at radius 3 is 1.48 bits per heavy atom. The number of halogens is 2. The van der Waals surface area contributed by atoms with Gasteiger partial charge in [-0.05, 0) is 0 Å². The minimum absolute atomic E-state index is 0.149. The minimum atomic E-state index is 0.149. The van der Waals surface area contributed by atoms with Crippen LogP contribution in [0.4, 0.5) is 0 Å². The fourth-order valence-corrected chi connectivity index (χ4v) is 5.35. The van der Waals surface area contributed by atoms with Gasteiger partial charge in [0, 0.05) is 0 Å². The molecular weight excluding hydrogens is 398 g/mol. The van der Waals surface area contributed by atoms with Crippen LogP contribution in [0.15, 0.2) is 48.5 Å². The summed E-state index contributed by atoms with van der Waals surface area (Å²) in [5, 5.41) is 1.40. The van der Waals surface area contributed by atoms with Crippen LogP contribution in [0.25, 0.3) is 20.0 Å². The van der Waals surface area contributed by atoms with Crippen LogP contribution in [0.3, 0.4) is 0 Å². The Morgan fingerprint density at radius 2 is 1.13 bits per heavy atom. The second-order valence-electron chi connectivity index (χ2n) is 4.86. The van der Waals surface area contributed by atoms with Gasteiger partial charge in [-0.25, -0.2) is 0 Å². The second-order valence-corrected chi connectivity index (χ2v) is 7.94. The number of rotatable bonds is 4. The zero-order chi connectivity index (χ0) is 16.4. The molecule has 1 aromatic heterocycles. The average molecular weight is 412 g/mol.